The average molecular weight is 259 g/mol. The number of nitrogens with one attached hydrogen (secondary N) is 1. The monoisotopic (exact) mass is 259 g/mol. The van der Waals surface area contributed by atoms with Crippen LogP contribution in [0.4, 0.5) is 0 Å². The van der Waals surface area contributed by atoms with E-state index >= 15 is 0 Å². The molecule has 1 aliphatic rings. The van der Waals surface area contributed by atoms with Crippen LogP contribution >= 0.6 is 0 Å². The SMILES string of the molecule is Cn1cncc1C(=O)N1CCC(c2ccn[nH]2)CC1. The predicted octanol–water partition coefficient (Wildman–Crippen LogP) is 1.16. The smallest absolute Gasteiger partial charge is 0.272 e. The van der Waals surface area contributed by atoms with Crippen molar-refractivity contribution >= 4 is 5.91 Å². The highest BCUT2D eigenvalue weighted by molar-refractivity contribution is 5.92. The van der Waals surface area contributed by atoms with Gasteiger partial charge in [-0.3, -0.25) is 9.89 Å². The molecule has 1 aliphatic heterocycles. The van der Waals surface area contributed by atoms with Crippen molar-refractivity contribution in [2.45, 2.75) is 18.8 Å². The molecule has 0 bridgehead atoms. The topological polar surface area (TPSA) is 66.8 Å². The standard InChI is InChI=1S/C13H17N5O/c1-17-9-14-8-12(17)13(19)18-6-3-10(4-7-18)11-2-5-15-16-11/h2,5,8-10H,3-4,6-7H2,1H3,(H,15,16). The fourth-order valence-corrected chi connectivity index (χ4v) is 2.61. The van der Waals surface area contributed by atoms with Crippen LogP contribution in [-0.2, 0) is 7.05 Å². The lowest BCUT2D eigenvalue weighted by Gasteiger charge is -2.31. The maximum Gasteiger partial charge on any atom is 0.272 e. The van der Waals surface area contributed by atoms with Crippen LogP contribution < -0.4 is 0 Å². The van der Waals surface area contributed by atoms with Crippen LogP contribution in [0.15, 0.2) is 24.8 Å². The van der Waals surface area contributed by atoms with Crippen LogP contribution in [0.2, 0.25) is 0 Å². The molecule has 0 aromatic carbocycles. The number of hydrogen-bond donors (Lipinski definition) is 1. The Kier molecular flexibility index (Phi) is 3.06. The molecule has 19 heavy (non-hydrogen) atoms. The summed E-state index contributed by atoms with van der Waals surface area (Å²) in [5, 5.41) is 7.01. The third-order valence-electron chi connectivity index (χ3n) is 3.78. The molecule has 3 heterocycles. The average Bonchev–Trinajstić information content (AvgIpc) is 3.09. The van der Waals surface area contributed by atoms with Gasteiger partial charge in [-0.2, -0.15) is 5.10 Å². The summed E-state index contributed by atoms with van der Waals surface area (Å²) in [5.41, 5.74) is 1.83. The molecule has 0 spiro atoms. The Bertz CT molecular complexity index is 551. The number of amides is 1. The first-order valence-corrected chi connectivity index (χ1v) is 6.50. The molecule has 1 fully saturated rings. The Balaban J connectivity index is 1.64. The lowest BCUT2D eigenvalue weighted by atomic mass is 9.93. The summed E-state index contributed by atoms with van der Waals surface area (Å²) in [6.07, 6.45) is 7.02. The van der Waals surface area contributed by atoms with Gasteiger partial charge in [0, 0.05) is 37.9 Å². The highest BCUT2D eigenvalue weighted by atomic mass is 16.2. The van der Waals surface area contributed by atoms with Crippen molar-refractivity contribution in [2.75, 3.05) is 13.1 Å². The molecule has 0 radical (unpaired) electrons. The Labute approximate surface area is 111 Å². The quantitative estimate of drug-likeness (QED) is 0.880. The van der Waals surface area contributed by atoms with Crippen molar-refractivity contribution < 1.29 is 4.79 Å². The van der Waals surface area contributed by atoms with Crippen LogP contribution in [0.3, 0.4) is 0 Å². The molecule has 1 N–H and O–H groups in total. The van der Waals surface area contributed by atoms with Crippen molar-refractivity contribution in [1.29, 1.82) is 0 Å². The Morgan fingerprint density at radius 1 is 1.42 bits per heavy atom. The first-order valence-electron chi connectivity index (χ1n) is 6.50. The Morgan fingerprint density at radius 3 is 2.79 bits per heavy atom. The van der Waals surface area contributed by atoms with Crippen LogP contribution in [0.25, 0.3) is 0 Å². The number of aromatic amines is 1. The van der Waals surface area contributed by atoms with Crippen molar-refractivity contribution in [3.05, 3.63) is 36.2 Å². The summed E-state index contributed by atoms with van der Waals surface area (Å²) in [6.45, 7) is 1.57. The summed E-state index contributed by atoms with van der Waals surface area (Å²) in [7, 11) is 1.84. The second-order valence-corrected chi connectivity index (χ2v) is 4.97. The van der Waals surface area contributed by atoms with Crippen LogP contribution in [0, 0.1) is 0 Å². The second-order valence-electron chi connectivity index (χ2n) is 4.97. The number of piperidine rings is 1. The molecular weight excluding hydrogens is 242 g/mol. The zero-order valence-electron chi connectivity index (χ0n) is 10.9. The van der Waals surface area contributed by atoms with Crippen LogP contribution in [0.1, 0.15) is 34.9 Å². The van der Waals surface area contributed by atoms with Gasteiger partial charge in [0.2, 0.25) is 0 Å². The first kappa shape index (κ1) is 12.0. The Morgan fingerprint density at radius 2 is 2.21 bits per heavy atom. The molecule has 0 unspecified atom stereocenters. The number of aryl methyl sites for hydroxylation is 1. The normalized spacial score (nSPS) is 16.8. The summed E-state index contributed by atoms with van der Waals surface area (Å²) < 4.78 is 1.77. The number of hydrogen-bond acceptors (Lipinski definition) is 3. The van der Waals surface area contributed by atoms with Crippen molar-refractivity contribution in [3.63, 3.8) is 0 Å². The number of nitrogens with zero attached hydrogens (tertiary/aromatic N) is 4. The van der Waals surface area contributed by atoms with E-state index in [0.29, 0.717) is 11.6 Å². The predicted molar refractivity (Wildman–Crippen MR) is 69.7 cm³/mol. The largest absolute Gasteiger partial charge is 0.337 e. The minimum absolute atomic E-state index is 0.0723. The highest BCUT2D eigenvalue weighted by Crippen LogP contribution is 2.26. The molecule has 100 valence electrons. The molecular formula is C13H17N5O. The van der Waals surface area contributed by atoms with E-state index in [-0.39, 0.29) is 5.91 Å². The van der Waals surface area contributed by atoms with Gasteiger partial charge in [0.25, 0.3) is 5.91 Å². The second kappa shape index (κ2) is 4.87. The molecule has 6 heteroatoms. The van der Waals surface area contributed by atoms with E-state index in [0.717, 1.165) is 25.9 Å². The molecule has 3 rings (SSSR count). The summed E-state index contributed by atoms with van der Waals surface area (Å²) in [5.74, 6) is 0.557. The van der Waals surface area contributed by atoms with Gasteiger partial charge in [-0.15, -0.1) is 0 Å². The summed E-state index contributed by atoms with van der Waals surface area (Å²) in [6, 6.07) is 2.02. The van der Waals surface area contributed by atoms with Gasteiger partial charge in [-0.1, -0.05) is 0 Å². The number of carbonyl (C=O) groups is 1. The minimum Gasteiger partial charge on any atom is -0.337 e. The van der Waals surface area contributed by atoms with E-state index in [1.54, 1.807) is 23.3 Å². The third-order valence-corrected chi connectivity index (χ3v) is 3.78. The third kappa shape index (κ3) is 2.25. The van der Waals surface area contributed by atoms with Crippen molar-refractivity contribution in [3.8, 4) is 0 Å². The van der Waals surface area contributed by atoms with Gasteiger partial charge in [0.05, 0.1) is 12.5 Å². The number of likely N-dealkylation sites (tertiary alicyclic amines) is 1. The van der Waals surface area contributed by atoms with E-state index in [4.69, 9.17) is 0 Å². The lowest BCUT2D eigenvalue weighted by Crippen LogP contribution is -2.38. The van der Waals surface area contributed by atoms with E-state index in [1.807, 2.05) is 18.0 Å². The first-order chi connectivity index (χ1) is 9.25. The van der Waals surface area contributed by atoms with Crippen LogP contribution in [0.5, 0.6) is 0 Å². The summed E-state index contributed by atoms with van der Waals surface area (Å²) >= 11 is 0. The molecule has 1 saturated heterocycles. The van der Waals surface area contributed by atoms with E-state index in [2.05, 4.69) is 15.2 Å². The number of H-pyrrole nitrogens is 1. The molecule has 6 nitrogen and oxygen atoms in total. The molecule has 2 aromatic heterocycles. The van der Waals surface area contributed by atoms with Crippen molar-refractivity contribution in [2.24, 2.45) is 7.05 Å². The number of aromatic nitrogens is 4. The van der Waals surface area contributed by atoms with E-state index in [9.17, 15) is 4.79 Å². The van der Waals surface area contributed by atoms with E-state index in [1.165, 1.54) is 5.69 Å². The van der Waals surface area contributed by atoms with Gasteiger partial charge >= 0.3 is 0 Å². The molecule has 0 saturated carbocycles. The van der Waals surface area contributed by atoms with Gasteiger partial charge in [0.1, 0.15) is 5.69 Å². The zero-order chi connectivity index (χ0) is 13.2. The molecule has 1 amide bonds. The summed E-state index contributed by atoms with van der Waals surface area (Å²) in [4.78, 5) is 18.2. The van der Waals surface area contributed by atoms with Gasteiger partial charge in [0.15, 0.2) is 0 Å². The Hall–Kier alpha value is -2.11. The highest BCUT2D eigenvalue weighted by Gasteiger charge is 2.26. The van der Waals surface area contributed by atoms with Gasteiger partial charge < -0.3 is 9.47 Å². The molecule has 2 aromatic rings. The number of imidazole rings is 1. The van der Waals surface area contributed by atoms with Crippen molar-refractivity contribution in [1.82, 2.24) is 24.6 Å². The molecule has 0 atom stereocenters. The van der Waals surface area contributed by atoms with Gasteiger partial charge in [-0.25, -0.2) is 4.98 Å². The lowest BCUT2D eigenvalue weighted by molar-refractivity contribution is 0.0702. The zero-order valence-corrected chi connectivity index (χ0v) is 10.9. The minimum atomic E-state index is 0.0723. The fraction of sp³-hybridized carbons (Fsp3) is 0.462. The molecule has 0 aliphatic carbocycles. The number of carbonyl (C=O) groups excluding carboxylic acids is 1. The van der Waals surface area contributed by atoms with E-state index < -0.39 is 0 Å². The maximum atomic E-state index is 12.3. The van der Waals surface area contributed by atoms with Crippen LogP contribution in [-0.4, -0.2) is 43.6 Å². The van der Waals surface area contributed by atoms with Gasteiger partial charge in [-0.05, 0) is 18.9 Å². The number of rotatable bonds is 2. The fourth-order valence-electron chi connectivity index (χ4n) is 2.61. The maximum absolute atomic E-state index is 12.3.